The van der Waals surface area contributed by atoms with Crippen LogP contribution in [0.25, 0.3) is 0 Å². The zero-order valence-electron chi connectivity index (χ0n) is 6.38. The Labute approximate surface area is 63.9 Å². The van der Waals surface area contributed by atoms with Crippen molar-refractivity contribution in [2.45, 2.75) is 6.92 Å². The molecule has 0 saturated carbocycles. The van der Waals surface area contributed by atoms with Gasteiger partial charge in [0.1, 0.15) is 0 Å². The minimum atomic E-state index is -0.509. The van der Waals surface area contributed by atoms with Gasteiger partial charge in [0, 0.05) is 5.56 Å². The number of aryl methyl sites for hydroxylation is 1. The van der Waals surface area contributed by atoms with Gasteiger partial charge in [0.2, 0.25) is 5.76 Å². The number of ether oxygens (including phenoxy) is 1. The van der Waals surface area contributed by atoms with E-state index in [4.69, 9.17) is 10.2 Å². The summed E-state index contributed by atoms with van der Waals surface area (Å²) >= 11 is 0. The van der Waals surface area contributed by atoms with Crippen LogP contribution in [0.4, 0.5) is 5.88 Å². The van der Waals surface area contributed by atoms with Crippen LogP contribution in [0.3, 0.4) is 0 Å². The minimum absolute atomic E-state index is 0.141. The summed E-state index contributed by atoms with van der Waals surface area (Å²) in [5.41, 5.74) is 6.10. The van der Waals surface area contributed by atoms with Crippen LogP contribution in [0.15, 0.2) is 10.5 Å². The molecule has 4 nitrogen and oxygen atoms in total. The molecule has 0 aliphatic carbocycles. The lowest BCUT2D eigenvalue weighted by Gasteiger charge is -1.90. The van der Waals surface area contributed by atoms with Gasteiger partial charge in [0.15, 0.2) is 5.88 Å². The predicted octanol–water partition coefficient (Wildman–Crippen LogP) is 0.957. The zero-order valence-corrected chi connectivity index (χ0v) is 6.38. The van der Waals surface area contributed by atoms with Gasteiger partial charge in [-0.2, -0.15) is 0 Å². The average Bonchev–Trinajstić information content (AvgIpc) is 2.31. The second-order valence-electron chi connectivity index (χ2n) is 2.15. The van der Waals surface area contributed by atoms with E-state index in [9.17, 15) is 4.79 Å². The van der Waals surface area contributed by atoms with E-state index in [1.54, 1.807) is 13.0 Å². The molecule has 0 fully saturated rings. The maximum Gasteiger partial charge on any atom is 0.374 e. The molecule has 0 saturated heterocycles. The highest BCUT2D eigenvalue weighted by Gasteiger charge is 2.12. The van der Waals surface area contributed by atoms with Gasteiger partial charge >= 0.3 is 5.97 Å². The van der Waals surface area contributed by atoms with Crippen molar-refractivity contribution < 1.29 is 13.9 Å². The Balaban J connectivity index is 2.97. The van der Waals surface area contributed by atoms with Crippen LogP contribution in [-0.2, 0) is 4.74 Å². The maximum atomic E-state index is 10.8. The minimum Gasteiger partial charge on any atom is -0.463 e. The number of rotatable bonds is 1. The maximum absolute atomic E-state index is 10.8. The van der Waals surface area contributed by atoms with Gasteiger partial charge < -0.3 is 14.9 Å². The number of anilines is 1. The lowest BCUT2D eigenvalue weighted by atomic mass is 10.3. The highest BCUT2D eigenvalue weighted by atomic mass is 16.5. The molecule has 0 radical (unpaired) electrons. The first kappa shape index (κ1) is 7.65. The van der Waals surface area contributed by atoms with Crippen molar-refractivity contribution in [3.05, 3.63) is 17.4 Å². The van der Waals surface area contributed by atoms with E-state index in [1.807, 2.05) is 0 Å². The summed E-state index contributed by atoms with van der Waals surface area (Å²) < 4.78 is 9.29. The Kier molecular flexibility index (Phi) is 1.85. The molecule has 0 aliphatic rings. The first-order valence-corrected chi connectivity index (χ1v) is 3.09. The van der Waals surface area contributed by atoms with Crippen molar-refractivity contribution in [2.24, 2.45) is 0 Å². The first-order valence-electron chi connectivity index (χ1n) is 3.09. The lowest BCUT2D eigenvalue weighted by molar-refractivity contribution is 0.0566. The van der Waals surface area contributed by atoms with Crippen LogP contribution < -0.4 is 5.73 Å². The van der Waals surface area contributed by atoms with E-state index in [2.05, 4.69) is 4.74 Å². The summed E-state index contributed by atoms with van der Waals surface area (Å²) in [6.07, 6.45) is 0. The van der Waals surface area contributed by atoms with E-state index >= 15 is 0 Å². The third-order valence-electron chi connectivity index (χ3n) is 1.34. The van der Waals surface area contributed by atoms with Crippen molar-refractivity contribution in [3.8, 4) is 0 Å². The molecule has 0 bridgehead atoms. The Morgan fingerprint density at radius 2 is 2.36 bits per heavy atom. The first-order chi connectivity index (χ1) is 5.15. The molecule has 1 rings (SSSR count). The summed E-state index contributed by atoms with van der Waals surface area (Å²) in [4.78, 5) is 10.8. The van der Waals surface area contributed by atoms with E-state index in [0.717, 1.165) is 5.56 Å². The monoisotopic (exact) mass is 155 g/mol. The second-order valence-corrected chi connectivity index (χ2v) is 2.15. The topological polar surface area (TPSA) is 65.5 Å². The molecule has 60 valence electrons. The number of nitrogens with two attached hydrogens (primary N) is 1. The van der Waals surface area contributed by atoms with Crippen LogP contribution in [0, 0.1) is 6.92 Å². The Morgan fingerprint density at radius 1 is 1.73 bits per heavy atom. The van der Waals surface area contributed by atoms with Gasteiger partial charge in [0.05, 0.1) is 7.11 Å². The van der Waals surface area contributed by atoms with Crippen molar-refractivity contribution in [1.82, 2.24) is 0 Å². The normalized spacial score (nSPS) is 9.64. The average molecular weight is 155 g/mol. The number of nitrogen functional groups attached to an aromatic ring is 1. The second kappa shape index (κ2) is 2.65. The third-order valence-corrected chi connectivity index (χ3v) is 1.34. The molecule has 0 amide bonds. The number of methoxy groups -OCH3 is 1. The number of carbonyl (C=O) groups excluding carboxylic acids is 1. The fourth-order valence-corrected chi connectivity index (χ4v) is 0.697. The number of carbonyl (C=O) groups is 1. The van der Waals surface area contributed by atoms with Gasteiger partial charge in [-0.3, -0.25) is 0 Å². The Morgan fingerprint density at radius 3 is 2.73 bits per heavy atom. The van der Waals surface area contributed by atoms with Crippen molar-refractivity contribution in [3.63, 3.8) is 0 Å². The van der Waals surface area contributed by atoms with Gasteiger partial charge in [-0.25, -0.2) is 4.79 Å². The summed E-state index contributed by atoms with van der Waals surface area (Å²) in [5.74, 6) is -0.113. The molecule has 1 aromatic heterocycles. The number of hydrogen-bond acceptors (Lipinski definition) is 4. The molecule has 0 spiro atoms. The smallest absolute Gasteiger partial charge is 0.374 e. The van der Waals surface area contributed by atoms with Crippen LogP contribution >= 0.6 is 0 Å². The molecule has 11 heavy (non-hydrogen) atoms. The van der Waals surface area contributed by atoms with Gasteiger partial charge in [0.25, 0.3) is 0 Å². The highest BCUT2D eigenvalue weighted by molar-refractivity contribution is 5.87. The third kappa shape index (κ3) is 1.34. The standard InChI is InChI=1S/C7H9NO3/c1-4-3-5(7(9)10-2)11-6(4)8/h3H,8H2,1-2H3. The molecule has 1 aromatic rings. The van der Waals surface area contributed by atoms with Crippen LogP contribution in [0.5, 0.6) is 0 Å². The summed E-state index contributed by atoms with van der Waals surface area (Å²) in [7, 11) is 1.29. The van der Waals surface area contributed by atoms with E-state index in [-0.39, 0.29) is 11.6 Å². The summed E-state index contributed by atoms with van der Waals surface area (Å²) in [6, 6.07) is 1.54. The molecule has 1 heterocycles. The zero-order chi connectivity index (χ0) is 8.43. The SMILES string of the molecule is COC(=O)c1cc(C)c(N)o1. The fourth-order valence-electron chi connectivity index (χ4n) is 0.697. The van der Waals surface area contributed by atoms with Gasteiger partial charge in [-0.05, 0) is 13.0 Å². The lowest BCUT2D eigenvalue weighted by Crippen LogP contribution is -1.98. The van der Waals surface area contributed by atoms with Gasteiger partial charge in [-0.15, -0.1) is 0 Å². The van der Waals surface area contributed by atoms with E-state index in [1.165, 1.54) is 7.11 Å². The predicted molar refractivity (Wildman–Crippen MR) is 39.2 cm³/mol. The number of hydrogen-bond donors (Lipinski definition) is 1. The van der Waals surface area contributed by atoms with Gasteiger partial charge in [-0.1, -0.05) is 0 Å². The summed E-state index contributed by atoms with van der Waals surface area (Å²) in [5, 5.41) is 0. The molecule has 0 aromatic carbocycles. The number of furan rings is 1. The molecule has 0 aliphatic heterocycles. The number of esters is 1. The molecule has 0 atom stereocenters. The van der Waals surface area contributed by atoms with Crippen LogP contribution in [0.1, 0.15) is 16.1 Å². The molecular formula is C7H9NO3. The molecule has 2 N–H and O–H groups in total. The summed E-state index contributed by atoms with van der Waals surface area (Å²) in [6.45, 7) is 1.76. The van der Waals surface area contributed by atoms with Crippen molar-refractivity contribution in [2.75, 3.05) is 12.8 Å². The van der Waals surface area contributed by atoms with Crippen LogP contribution in [0.2, 0.25) is 0 Å². The van der Waals surface area contributed by atoms with Crippen molar-refractivity contribution >= 4 is 11.9 Å². The quantitative estimate of drug-likeness (QED) is 0.613. The Bertz CT molecular complexity index is 258. The highest BCUT2D eigenvalue weighted by Crippen LogP contribution is 2.16. The molecule has 0 unspecified atom stereocenters. The van der Waals surface area contributed by atoms with Crippen LogP contribution in [-0.4, -0.2) is 13.1 Å². The molecular weight excluding hydrogens is 146 g/mol. The van der Waals surface area contributed by atoms with E-state index < -0.39 is 5.97 Å². The van der Waals surface area contributed by atoms with E-state index in [0.29, 0.717) is 0 Å². The van der Waals surface area contributed by atoms with Crippen molar-refractivity contribution in [1.29, 1.82) is 0 Å². The fraction of sp³-hybridized carbons (Fsp3) is 0.286. The Hall–Kier alpha value is -1.45. The largest absolute Gasteiger partial charge is 0.463 e. The molecule has 4 heteroatoms.